The van der Waals surface area contributed by atoms with E-state index in [9.17, 15) is 0 Å². The van der Waals surface area contributed by atoms with Gasteiger partial charge in [0.1, 0.15) is 0 Å². The predicted molar refractivity (Wildman–Crippen MR) is 59.4 cm³/mol. The van der Waals surface area contributed by atoms with Crippen molar-refractivity contribution in [1.82, 2.24) is 4.98 Å². The second-order valence-electron chi connectivity index (χ2n) is 3.44. The molecule has 0 spiro atoms. The Kier molecular flexibility index (Phi) is 3.33. The zero-order chi connectivity index (χ0) is 11.4. The van der Waals surface area contributed by atoms with Crippen molar-refractivity contribution in [2.24, 2.45) is 5.90 Å². The van der Waals surface area contributed by atoms with Gasteiger partial charge in [-0.3, -0.25) is 10.4 Å². The Morgan fingerprint density at radius 3 is 2.94 bits per heavy atom. The third kappa shape index (κ3) is 2.12. The summed E-state index contributed by atoms with van der Waals surface area (Å²) >= 11 is 0. The molecule has 0 atom stereocenters. The van der Waals surface area contributed by atoms with Gasteiger partial charge < -0.3 is 14.5 Å². The Morgan fingerprint density at radius 2 is 2.25 bits per heavy atom. The summed E-state index contributed by atoms with van der Waals surface area (Å²) in [6, 6.07) is 1.86. The predicted octanol–water partition coefficient (Wildman–Crippen LogP) is 0.134. The summed E-state index contributed by atoms with van der Waals surface area (Å²) in [6.07, 6.45) is 3.28. The summed E-state index contributed by atoms with van der Waals surface area (Å²) in [5.74, 6) is 4.93. The third-order valence-electron chi connectivity index (χ3n) is 2.51. The minimum absolute atomic E-state index is 0.0745. The van der Waals surface area contributed by atoms with Crippen LogP contribution < -0.4 is 10.8 Å². The molecule has 0 amide bonds. The van der Waals surface area contributed by atoms with Gasteiger partial charge in [0.05, 0.1) is 24.5 Å². The van der Waals surface area contributed by atoms with E-state index >= 15 is 0 Å². The van der Waals surface area contributed by atoms with Crippen LogP contribution >= 0.6 is 0 Å². The van der Waals surface area contributed by atoms with Crippen molar-refractivity contribution >= 4 is 11.6 Å². The molecule has 0 saturated carbocycles. The Bertz CT molecular complexity index is 377. The maximum absolute atomic E-state index is 7.59. The van der Waals surface area contributed by atoms with Crippen LogP contribution in [0.15, 0.2) is 18.5 Å². The molecule has 16 heavy (non-hydrogen) atoms. The summed E-state index contributed by atoms with van der Waals surface area (Å²) in [5, 5.41) is 7.59. The van der Waals surface area contributed by atoms with E-state index in [2.05, 4.69) is 14.7 Å². The average Bonchev–Trinajstić information content (AvgIpc) is 2.39. The number of nitrogens with two attached hydrogens (primary N) is 1. The van der Waals surface area contributed by atoms with E-state index in [-0.39, 0.29) is 5.90 Å². The molecule has 1 aliphatic rings. The summed E-state index contributed by atoms with van der Waals surface area (Å²) in [6.45, 7) is 2.99. The molecule has 0 unspecified atom stereocenters. The van der Waals surface area contributed by atoms with Gasteiger partial charge in [-0.05, 0) is 6.07 Å². The number of anilines is 1. The fraction of sp³-hybridized carbons (Fsp3) is 0.400. The van der Waals surface area contributed by atoms with Crippen molar-refractivity contribution in [3.63, 3.8) is 0 Å². The van der Waals surface area contributed by atoms with E-state index in [1.807, 2.05) is 6.07 Å². The Balaban J connectivity index is 2.28. The second-order valence-corrected chi connectivity index (χ2v) is 3.44. The lowest BCUT2D eigenvalue weighted by atomic mass is 10.2. The number of ether oxygens (including phenoxy) is 1. The lowest BCUT2D eigenvalue weighted by Crippen LogP contribution is -2.37. The van der Waals surface area contributed by atoms with Gasteiger partial charge in [0.2, 0.25) is 5.90 Å². The quantitative estimate of drug-likeness (QED) is 0.422. The van der Waals surface area contributed by atoms with Gasteiger partial charge in [0.25, 0.3) is 0 Å². The molecule has 0 radical (unpaired) electrons. The first kappa shape index (κ1) is 10.8. The molecule has 1 aromatic rings. The number of hydrogen-bond donors (Lipinski definition) is 2. The largest absolute Gasteiger partial charge is 0.391 e. The summed E-state index contributed by atoms with van der Waals surface area (Å²) in [5.41, 5.74) is 1.51. The third-order valence-corrected chi connectivity index (χ3v) is 2.51. The number of aromatic nitrogens is 1. The summed E-state index contributed by atoms with van der Waals surface area (Å²) in [4.78, 5) is 10.6. The van der Waals surface area contributed by atoms with E-state index in [0.717, 1.165) is 18.8 Å². The maximum Gasteiger partial charge on any atom is 0.241 e. The molecule has 3 N–H and O–H groups in total. The van der Waals surface area contributed by atoms with Gasteiger partial charge in [0.15, 0.2) is 0 Å². The topological polar surface area (TPSA) is 84.5 Å². The van der Waals surface area contributed by atoms with Crippen molar-refractivity contribution in [3.8, 4) is 0 Å². The highest BCUT2D eigenvalue weighted by molar-refractivity contribution is 5.97. The average molecular weight is 222 g/mol. The highest BCUT2D eigenvalue weighted by atomic mass is 16.6. The normalized spacial score (nSPS) is 15.9. The van der Waals surface area contributed by atoms with E-state index in [4.69, 9.17) is 16.0 Å². The van der Waals surface area contributed by atoms with Gasteiger partial charge >= 0.3 is 0 Å². The van der Waals surface area contributed by atoms with Gasteiger partial charge in [-0.25, -0.2) is 0 Å². The number of hydrogen-bond acceptors (Lipinski definition) is 6. The molecular formula is C10H14N4O2. The Hall–Kier alpha value is -1.66. The van der Waals surface area contributed by atoms with Crippen molar-refractivity contribution in [2.45, 2.75) is 0 Å². The first-order valence-electron chi connectivity index (χ1n) is 5.05. The lowest BCUT2D eigenvalue weighted by Gasteiger charge is -2.30. The van der Waals surface area contributed by atoms with Gasteiger partial charge in [-0.1, -0.05) is 0 Å². The molecule has 1 aliphatic heterocycles. The molecular weight excluding hydrogens is 208 g/mol. The van der Waals surface area contributed by atoms with Crippen LogP contribution in [0.25, 0.3) is 0 Å². The van der Waals surface area contributed by atoms with E-state index in [1.54, 1.807) is 12.4 Å². The molecule has 6 nitrogen and oxygen atoms in total. The van der Waals surface area contributed by atoms with E-state index < -0.39 is 0 Å². The lowest BCUT2D eigenvalue weighted by molar-refractivity contribution is 0.122. The highest BCUT2D eigenvalue weighted by Gasteiger charge is 2.17. The van der Waals surface area contributed by atoms with Crippen molar-refractivity contribution < 1.29 is 9.57 Å². The zero-order valence-electron chi connectivity index (χ0n) is 8.85. The number of nitrogens with one attached hydrogen (secondary N) is 1. The molecule has 1 saturated heterocycles. The van der Waals surface area contributed by atoms with Gasteiger partial charge in [0, 0.05) is 25.5 Å². The van der Waals surface area contributed by atoms with Crippen LogP contribution in [0.1, 0.15) is 5.56 Å². The standard InChI is InChI=1S/C10H14N4O2/c11-10(16-12)8-7-13-2-1-9(8)14-3-5-15-6-4-14/h1-2,7,11H,3-6,12H2. The van der Waals surface area contributed by atoms with Crippen molar-refractivity contribution in [3.05, 3.63) is 24.0 Å². The number of rotatable bonds is 2. The first-order valence-corrected chi connectivity index (χ1v) is 5.05. The molecule has 2 rings (SSSR count). The van der Waals surface area contributed by atoms with Crippen LogP contribution in [0.2, 0.25) is 0 Å². The van der Waals surface area contributed by atoms with E-state index in [0.29, 0.717) is 18.8 Å². The molecule has 2 heterocycles. The smallest absolute Gasteiger partial charge is 0.241 e. The summed E-state index contributed by atoms with van der Waals surface area (Å²) in [7, 11) is 0. The minimum atomic E-state index is -0.0745. The van der Waals surface area contributed by atoms with Crippen LogP contribution in [0, 0.1) is 5.41 Å². The molecule has 0 aromatic carbocycles. The van der Waals surface area contributed by atoms with Crippen LogP contribution in [0.4, 0.5) is 5.69 Å². The number of nitrogens with zero attached hydrogens (tertiary/aromatic N) is 2. The molecule has 1 fully saturated rings. The molecule has 0 bridgehead atoms. The SMILES string of the molecule is N=C(ON)c1cnccc1N1CCOCC1. The van der Waals surface area contributed by atoms with Crippen LogP contribution in [-0.2, 0) is 9.57 Å². The first-order chi connectivity index (χ1) is 7.83. The van der Waals surface area contributed by atoms with Crippen LogP contribution in [0.5, 0.6) is 0 Å². The molecule has 0 aliphatic carbocycles. The van der Waals surface area contributed by atoms with Crippen LogP contribution in [0.3, 0.4) is 0 Å². The molecule has 86 valence electrons. The monoisotopic (exact) mass is 222 g/mol. The van der Waals surface area contributed by atoms with Crippen molar-refractivity contribution in [2.75, 3.05) is 31.2 Å². The van der Waals surface area contributed by atoms with Gasteiger partial charge in [-0.15, -0.1) is 0 Å². The number of morpholine rings is 1. The van der Waals surface area contributed by atoms with Crippen LogP contribution in [-0.4, -0.2) is 37.2 Å². The highest BCUT2D eigenvalue weighted by Crippen LogP contribution is 2.20. The fourth-order valence-electron chi connectivity index (χ4n) is 1.71. The molecule has 1 aromatic heterocycles. The Labute approximate surface area is 93.4 Å². The number of pyridine rings is 1. The summed E-state index contributed by atoms with van der Waals surface area (Å²) < 4.78 is 5.28. The maximum atomic E-state index is 7.59. The fourth-order valence-corrected chi connectivity index (χ4v) is 1.71. The van der Waals surface area contributed by atoms with E-state index in [1.165, 1.54) is 0 Å². The van der Waals surface area contributed by atoms with Crippen molar-refractivity contribution in [1.29, 1.82) is 5.41 Å². The minimum Gasteiger partial charge on any atom is -0.391 e. The van der Waals surface area contributed by atoms with Gasteiger partial charge in [-0.2, -0.15) is 5.90 Å². The second kappa shape index (κ2) is 4.91. The molecule has 6 heteroatoms. The Morgan fingerprint density at radius 1 is 1.50 bits per heavy atom. The zero-order valence-corrected chi connectivity index (χ0v) is 8.85.